The largest absolute Gasteiger partial charge is 0.493 e. The van der Waals surface area contributed by atoms with Gasteiger partial charge in [0.1, 0.15) is 0 Å². The van der Waals surface area contributed by atoms with Crippen molar-refractivity contribution in [1.82, 2.24) is 4.98 Å². The lowest BCUT2D eigenvalue weighted by Crippen LogP contribution is -2.01. The van der Waals surface area contributed by atoms with Crippen LogP contribution in [0.15, 0.2) is 36.4 Å². The number of nitrogens with one attached hydrogen (secondary N) is 1. The number of carbonyl (C=O) groups is 1. The van der Waals surface area contributed by atoms with Gasteiger partial charge in [0.25, 0.3) is 0 Å². The Morgan fingerprint density at radius 3 is 2.62 bits per heavy atom. The summed E-state index contributed by atoms with van der Waals surface area (Å²) < 4.78 is 11.0. The fraction of sp³-hybridized carbons (Fsp3) is 0.286. The van der Waals surface area contributed by atoms with E-state index in [9.17, 15) is 9.90 Å². The molecule has 26 heavy (non-hydrogen) atoms. The van der Waals surface area contributed by atoms with E-state index >= 15 is 0 Å². The lowest BCUT2D eigenvalue weighted by Gasteiger charge is -2.11. The number of fused-ring (bicyclic) bond motifs is 1. The number of H-pyrrole nitrogens is 1. The third-order valence-corrected chi connectivity index (χ3v) is 4.49. The Morgan fingerprint density at radius 1 is 1.15 bits per heavy atom. The monoisotopic (exact) mass is 353 g/mol. The first-order chi connectivity index (χ1) is 12.6. The first-order valence-electron chi connectivity index (χ1n) is 8.74. The Morgan fingerprint density at radius 2 is 1.96 bits per heavy atom. The lowest BCUT2D eigenvalue weighted by molar-refractivity contribution is -0.136. The molecule has 5 heteroatoms. The predicted octanol–water partition coefficient (Wildman–Crippen LogP) is 4.43. The summed E-state index contributed by atoms with van der Waals surface area (Å²) in [4.78, 5) is 14.9. The molecule has 0 unspecified atom stereocenters. The van der Waals surface area contributed by atoms with Gasteiger partial charge >= 0.3 is 5.97 Å². The standard InChI is InChI=1S/C21H23NO4/c1-4-13-7-6-8-15-16(12-19(23)24)21(22-20(13)15)14-9-10-17(26-5-2)18(11-14)25-3/h6-11,22H,4-5,12H2,1-3H3,(H,23,24). The quantitative estimate of drug-likeness (QED) is 0.659. The highest BCUT2D eigenvalue weighted by Crippen LogP contribution is 2.37. The van der Waals surface area contributed by atoms with E-state index in [1.807, 2.05) is 37.3 Å². The number of benzene rings is 2. The molecule has 3 rings (SSSR count). The molecule has 0 radical (unpaired) electrons. The number of methoxy groups -OCH3 is 1. The molecule has 0 spiro atoms. The number of aromatic amines is 1. The van der Waals surface area contributed by atoms with Crippen molar-refractivity contribution in [2.45, 2.75) is 26.7 Å². The van der Waals surface area contributed by atoms with Gasteiger partial charge in [-0.2, -0.15) is 0 Å². The predicted molar refractivity (Wildman–Crippen MR) is 102 cm³/mol. The van der Waals surface area contributed by atoms with E-state index in [0.29, 0.717) is 18.1 Å². The van der Waals surface area contributed by atoms with Crippen LogP contribution in [0.3, 0.4) is 0 Å². The molecule has 2 aromatic carbocycles. The van der Waals surface area contributed by atoms with Crippen molar-refractivity contribution in [1.29, 1.82) is 0 Å². The molecule has 0 aliphatic heterocycles. The summed E-state index contributed by atoms with van der Waals surface area (Å²) in [6, 6.07) is 11.7. The molecule has 5 nitrogen and oxygen atoms in total. The average molecular weight is 353 g/mol. The van der Waals surface area contributed by atoms with Crippen LogP contribution >= 0.6 is 0 Å². The SMILES string of the molecule is CCOc1ccc(-c2[nH]c3c(CC)cccc3c2CC(=O)O)cc1OC. The molecule has 3 aromatic rings. The summed E-state index contributed by atoms with van der Waals surface area (Å²) in [5, 5.41) is 10.4. The zero-order chi connectivity index (χ0) is 18.7. The average Bonchev–Trinajstić information content (AvgIpc) is 3.00. The number of aryl methyl sites for hydroxylation is 1. The summed E-state index contributed by atoms with van der Waals surface area (Å²) in [6.45, 7) is 4.56. The van der Waals surface area contributed by atoms with Gasteiger partial charge in [-0.3, -0.25) is 4.79 Å². The highest BCUT2D eigenvalue weighted by Gasteiger charge is 2.18. The molecule has 0 bridgehead atoms. The lowest BCUT2D eigenvalue weighted by atomic mass is 10.0. The third kappa shape index (κ3) is 3.25. The van der Waals surface area contributed by atoms with Crippen LogP contribution < -0.4 is 9.47 Å². The molecule has 1 aromatic heterocycles. The molecule has 0 amide bonds. The van der Waals surface area contributed by atoms with Crippen molar-refractivity contribution < 1.29 is 19.4 Å². The maximum atomic E-state index is 11.5. The molecule has 1 heterocycles. The van der Waals surface area contributed by atoms with E-state index in [1.165, 1.54) is 5.56 Å². The Hall–Kier alpha value is -2.95. The van der Waals surface area contributed by atoms with Gasteiger partial charge < -0.3 is 19.6 Å². The van der Waals surface area contributed by atoms with Crippen LogP contribution in [0.25, 0.3) is 22.2 Å². The highest BCUT2D eigenvalue weighted by atomic mass is 16.5. The van der Waals surface area contributed by atoms with Gasteiger partial charge in [0.2, 0.25) is 0 Å². The van der Waals surface area contributed by atoms with E-state index in [-0.39, 0.29) is 6.42 Å². The number of hydrogen-bond acceptors (Lipinski definition) is 3. The molecule has 0 fully saturated rings. The van der Waals surface area contributed by atoms with E-state index in [2.05, 4.69) is 18.0 Å². The van der Waals surface area contributed by atoms with Crippen molar-refractivity contribution in [3.05, 3.63) is 47.5 Å². The second-order valence-corrected chi connectivity index (χ2v) is 6.04. The van der Waals surface area contributed by atoms with E-state index in [4.69, 9.17) is 9.47 Å². The Labute approximate surface area is 152 Å². The minimum atomic E-state index is -0.855. The maximum absolute atomic E-state index is 11.5. The van der Waals surface area contributed by atoms with Gasteiger partial charge in [0.05, 0.1) is 25.8 Å². The minimum Gasteiger partial charge on any atom is -0.493 e. The molecule has 0 saturated heterocycles. The van der Waals surface area contributed by atoms with Gasteiger partial charge in [0, 0.05) is 16.5 Å². The number of carboxylic acid groups (broad SMARTS) is 1. The first kappa shape index (κ1) is 17.9. The Bertz CT molecular complexity index is 943. The molecule has 0 atom stereocenters. The second-order valence-electron chi connectivity index (χ2n) is 6.04. The number of para-hydroxylation sites is 1. The summed E-state index contributed by atoms with van der Waals surface area (Å²) in [7, 11) is 1.60. The molecule has 0 aliphatic carbocycles. The number of aliphatic carboxylic acids is 1. The van der Waals surface area contributed by atoms with Crippen LogP contribution in [0.4, 0.5) is 0 Å². The third-order valence-electron chi connectivity index (χ3n) is 4.49. The van der Waals surface area contributed by atoms with Crippen LogP contribution in [0, 0.1) is 0 Å². The van der Waals surface area contributed by atoms with Gasteiger partial charge in [-0.25, -0.2) is 0 Å². The highest BCUT2D eigenvalue weighted by molar-refractivity contribution is 5.95. The van der Waals surface area contributed by atoms with E-state index in [1.54, 1.807) is 7.11 Å². The fourth-order valence-electron chi connectivity index (χ4n) is 3.31. The van der Waals surface area contributed by atoms with Crippen molar-refractivity contribution >= 4 is 16.9 Å². The molecular weight excluding hydrogens is 330 g/mol. The zero-order valence-electron chi connectivity index (χ0n) is 15.3. The Kier molecular flexibility index (Phi) is 5.16. The maximum Gasteiger partial charge on any atom is 0.307 e. The number of hydrogen-bond donors (Lipinski definition) is 2. The van der Waals surface area contributed by atoms with Crippen molar-refractivity contribution in [3.8, 4) is 22.8 Å². The smallest absolute Gasteiger partial charge is 0.307 e. The normalized spacial score (nSPS) is 10.9. The van der Waals surface area contributed by atoms with Gasteiger partial charge in [-0.15, -0.1) is 0 Å². The van der Waals surface area contributed by atoms with Crippen LogP contribution in [0.5, 0.6) is 11.5 Å². The number of rotatable bonds is 7. The molecular formula is C21H23NO4. The first-order valence-corrected chi connectivity index (χ1v) is 8.74. The zero-order valence-corrected chi connectivity index (χ0v) is 15.3. The summed E-state index contributed by atoms with van der Waals surface area (Å²) in [5.41, 5.74) is 4.63. The fourth-order valence-corrected chi connectivity index (χ4v) is 3.31. The summed E-state index contributed by atoms with van der Waals surface area (Å²) in [5.74, 6) is 0.441. The van der Waals surface area contributed by atoms with Crippen LogP contribution in [0.2, 0.25) is 0 Å². The second kappa shape index (κ2) is 7.52. The summed E-state index contributed by atoms with van der Waals surface area (Å²) >= 11 is 0. The number of carboxylic acids is 1. The molecule has 0 aliphatic rings. The molecule has 2 N–H and O–H groups in total. The molecule has 0 saturated carbocycles. The van der Waals surface area contributed by atoms with Crippen LogP contribution in [-0.2, 0) is 17.6 Å². The van der Waals surface area contributed by atoms with E-state index in [0.717, 1.165) is 34.1 Å². The van der Waals surface area contributed by atoms with E-state index < -0.39 is 5.97 Å². The van der Waals surface area contributed by atoms with Crippen molar-refractivity contribution in [2.75, 3.05) is 13.7 Å². The van der Waals surface area contributed by atoms with Crippen LogP contribution in [0.1, 0.15) is 25.0 Å². The van der Waals surface area contributed by atoms with Crippen molar-refractivity contribution in [3.63, 3.8) is 0 Å². The minimum absolute atomic E-state index is 0.0436. The van der Waals surface area contributed by atoms with Gasteiger partial charge in [-0.05, 0) is 42.7 Å². The van der Waals surface area contributed by atoms with Crippen LogP contribution in [-0.4, -0.2) is 29.8 Å². The number of ether oxygens (including phenoxy) is 2. The summed E-state index contributed by atoms with van der Waals surface area (Å²) in [6.07, 6.45) is 0.828. The Balaban J connectivity index is 2.22. The number of aromatic nitrogens is 1. The van der Waals surface area contributed by atoms with Crippen molar-refractivity contribution in [2.24, 2.45) is 0 Å². The topological polar surface area (TPSA) is 71.6 Å². The molecule has 136 valence electrons. The van der Waals surface area contributed by atoms with Gasteiger partial charge in [0.15, 0.2) is 11.5 Å². The van der Waals surface area contributed by atoms with Gasteiger partial charge in [-0.1, -0.05) is 25.1 Å².